The number of ketones is 1. The van der Waals surface area contributed by atoms with Gasteiger partial charge in [-0.3, -0.25) is 9.59 Å². The maximum Gasteiger partial charge on any atom is 0.274 e. The number of hydrogen-bond acceptors (Lipinski definition) is 6. The van der Waals surface area contributed by atoms with Crippen molar-refractivity contribution in [2.45, 2.75) is 6.92 Å². The lowest BCUT2D eigenvalue weighted by atomic mass is 10.1. The minimum atomic E-state index is -0.0852. The molecule has 1 N–H and O–H groups in total. The summed E-state index contributed by atoms with van der Waals surface area (Å²) >= 11 is 0. The first-order chi connectivity index (χ1) is 12.0. The van der Waals surface area contributed by atoms with Gasteiger partial charge in [-0.2, -0.15) is 0 Å². The van der Waals surface area contributed by atoms with Crippen LogP contribution >= 0.6 is 0 Å². The molecule has 0 saturated carbocycles. The third kappa shape index (κ3) is 4.19. The van der Waals surface area contributed by atoms with E-state index in [9.17, 15) is 9.59 Å². The molecule has 1 fully saturated rings. The number of nitrogens with one attached hydrogen (secondary N) is 1. The number of benzene rings is 1. The van der Waals surface area contributed by atoms with Crippen LogP contribution in [0.1, 0.15) is 27.8 Å². The minimum Gasteiger partial charge on any atom is -0.339 e. The lowest BCUT2D eigenvalue weighted by Gasteiger charge is -2.32. The second-order valence-electron chi connectivity index (χ2n) is 6.14. The Morgan fingerprint density at radius 2 is 1.68 bits per heavy atom. The molecule has 3 rings (SSSR count). The van der Waals surface area contributed by atoms with E-state index in [1.165, 1.54) is 13.1 Å². The van der Waals surface area contributed by atoms with Crippen LogP contribution in [0.4, 0.5) is 11.5 Å². The Bertz CT molecular complexity index is 750. The van der Waals surface area contributed by atoms with Crippen molar-refractivity contribution >= 4 is 23.2 Å². The maximum atomic E-state index is 12.4. The van der Waals surface area contributed by atoms with Gasteiger partial charge in [-0.1, -0.05) is 0 Å². The molecule has 1 saturated heterocycles. The second-order valence-corrected chi connectivity index (χ2v) is 6.14. The van der Waals surface area contributed by atoms with Crippen LogP contribution in [0, 0.1) is 0 Å². The number of amides is 1. The number of likely N-dealkylation sites (N-methyl/N-ethyl adjacent to an activating group) is 1. The smallest absolute Gasteiger partial charge is 0.274 e. The van der Waals surface area contributed by atoms with Gasteiger partial charge in [0.15, 0.2) is 5.78 Å². The van der Waals surface area contributed by atoms with Crippen molar-refractivity contribution in [1.29, 1.82) is 0 Å². The summed E-state index contributed by atoms with van der Waals surface area (Å²) in [6, 6.07) is 7.12. The van der Waals surface area contributed by atoms with E-state index < -0.39 is 0 Å². The van der Waals surface area contributed by atoms with Crippen molar-refractivity contribution in [3.63, 3.8) is 0 Å². The van der Waals surface area contributed by atoms with E-state index in [-0.39, 0.29) is 11.7 Å². The molecule has 1 aliphatic rings. The number of Topliss-reactive ketones (excluding diaryl/α,β-unsaturated/α-hetero) is 1. The number of piperazine rings is 1. The highest BCUT2D eigenvalue weighted by Crippen LogP contribution is 2.15. The van der Waals surface area contributed by atoms with Crippen molar-refractivity contribution in [1.82, 2.24) is 19.8 Å². The molecule has 0 bridgehead atoms. The van der Waals surface area contributed by atoms with Crippen molar-refractivity contribution in [2.75, 3.05) is 38.5 Å². The van der Waals surface area contributed by atoms with E-state index in [4.69, 9.17) is 0 Å². The fourth-order valence-corrected chi connectivity index (χ4v) is 2.61. The summed E-state index contributed by atoms with van der Waals surface area (Å²) in [6.45, 7) is 4.69. The number of aromatic nitrogens is 2. The number of carbonyl (C=O) groups excluding carboxylic acids is 2. The molecular formula is C18H21N5O2. The average Bonchev–Trinajstić information content (AvgIpc) is 2.63. The molecule has 130 valence electrons. The molecule has 0 unspecified atom stereocenters. The summed E-state index contributed by atoms with van der Waals surface area (Å²) in [7, 11) is 2.05. The Kier molecular flexibility index (Phi) is 5.04. The van der Waals surface area contributed by atoms with Gasteiger partial charge in [0.05, 0.1) is 12.4 Å². The van der Waals surface area contributed by atoms with Gasteiger partial charge in [0, 0.05) is 37.4 Å². The van der Waals surface area contributed by atoms with Crippen LogP contribution in [0.3, 0.4) is 0 Å². The molecule has 0 aliphatic carbocycles. The first-order valence-corrected chi connectivity index (χ1v) is 8.21. The number of rotatable bonds is 4. The van der Waals surface area contributed by atoms with Crippen LogP contribution in [0.5, 0.6) is 0 Å². The minimum absolute atomic E-state index is 0.0260. The predicted octanol–water partition coefficient (Wildman–Crippen LogP) is 1.81. The van der Waals surface area contributed by atoms with Gasteiger partial charge in [0.1, 0.15) is 11.5 Å². The Morgan fingerprint density at radius 1 is 1.00 bits per heavy atom. The van der Waals surface area contributed by atoms with Gasteiger partial charge in [-0.25, -0.2) is 9.97 Å². The molecule has 7 heteroatoms. The highest BCUT2D eigenvalue weighted by atomic mass is 16.2. The molecule has 0 spiro atoms. The molecule has 7 nitrogen and oxygen atoms in total. The SMILES string of the molecule is CC(=O)c1ccc(Nc2cnc(C(=O)N3CCN(C)CC3)cn2)cc1. The molecule has 2 aromatic rings. The van der Waals surface area contributed by atoms with Crippen LogP contribution in [0.15, 0.2) is 36.7 Å². The third-order valence-corrected chi connectivity index (χ3v) is 4.23. The Balaban J connectivity index is 1.63. The van der Waals surface area contributed by atoms with E-state index in [1.54, 1.807) is 23.2 Å². The third-order valence-electron chi connectivity index (χ3n) is 4.23. The summed E-state index contributed by atoms with van der Waals surface area (Å²) in [5.41, 5.74) is 1.81. The Labute approximate surface area is 146 Å². The van der Waals surface area contributed by atoms with Crippen LogP contribution in [0.25, 0.3) is 0 Å². The topological polar surface area (TPSA) is 78.4 Å². The molecule has 1 amide bonds. The lowest BCUT2D eigenvalue weighted by molar-refractivity contribution is 0.0657. The summed E-state index contributed by atoms with van der Waals surface area (Å²) < 4.78 is 0. The Hall–Kier alpha value is -2.80. The molecule has 1 aliphatic heterocycles. The largest absolute Gasteiger partial charge is 0.339 e. The van der Waals surface area contributed by atoms with Crippen molar-refractivity contribution < 1.29 is 9.59 Å². The normalized spacial score (nSPS) is 15.0. The highest BCUT2D eigenvalue weighted by molar-refractivity contribution is 5.94. The van der Waals surface area contributed by atoms with Gasteiger partial charge < -0.3 is 15.1 Å². The zero-order valence-corrected chi connectivity index (χ0v) is 14.4. The molecule has 1 aromatic carbocycles. The van der Waals surface area contributed by atoms with E-state index in [0.717, 1.165) is 18.8 Å². The van der Waals surface area contributed by atoms with E-state index in [1.807, 2.05) is 19.2 Å². The van der Waals surface area contributed by atoms with Crippen molar-refractivity contribution in [2.24, 2.45) is 0 Å². The first-order valence-electron chi connectivity index (χ1n) is 8.21. The number of anilines is 2. The van der Waals surface area contributed by atoms with Gasteiger partial charge >= 0.3 is 0 Å². The van der Waals surface area contributed by atoms with Crippen LogP contribution in [-0.4, -0.2) is 64.7 Å². The van der Waals surface area contributed by atoms with Crippen molar-refractivity contribution in [3.05, 3.63) is 47.9 Å². The molecule has 0 radical (unpaired) electrons. The van der Waals surface area contributed by atoms with Gasteiger partial charge in [0.25, 0.3) is 5.91 Å². The molecule has 0 atom stereocenters. The van der Waals surface area contributed by atoms with E-state index >= 15 is 0 Å². The molecular weight excluding hydrogens is 318 g/mol. The zero-order valence-electron chi connectivity index (χ0n) is 14.4. The predicted molar refractivity (Wildman–Crippen MR) is 95.2 cm³/mol. The fourth-order valence-electron chi connectivity index (χ4n) is 2.61. The summed E-state index contributed by atoms with van der Waals surface area (Å²) in [4.78, 5) is 36.2. The van der Waals surface area contributed by atoms with Gasteiger partial charge in [-0.05, 0) is 38.2 Å². The molecule has 25 heavy (non-hydrogen) atoms. The molecule has 1 aromatic heterocycles. The van der Waals surface area contributed by atoms with Gasteiger partial charge in [0.2, 0.25) is 0 Å². The fraction of sp³-hybridized carbons (Fsp3) is 0.333. The number of carbonyl (C=O) groups is 2. The van der Waals surface area contributed by atoms with E-state index in [0.29, 0.717) is 30.2 Å². The average molecular weight is 339 g/mol. The monoisotopic (exact) mass is 339 g/mol. The lowest BCUT2D eigenvalue weighted by Crippen LogP contribution is -2.47. The Morgan fingerprint density at radius 3 is 2.24 bits per heavy atom. The van der Waals surface area contributed by atoms with Gasteiger partial charge in [-0.15, -0.1) is 0 Å². The standard InChI is InChI=1S/C18H21N5O2/c1-13(24)14-3-5-15(6-4-14)21-17-12-19-16(11-20-17)18(25)23-9-7-22(2)8-10-23/h3-6,11-12H,7-10H2,1-2H3,(H,20,21). The van der Waals surface area contributed by atoms with Crippen LogP contribution < -0.4 is 5.32 Å². The summed E-state index contributed by atoms with van der Waals surface area (Å²) in [5, 5.41) is 3.11. The zero-order chi connectivity index (χ0) is 17.8. The second kappa shape index (κ2) is 7.40. The number of hydrogen-bond donors (Lipinski definition) is 1. The summed E-state index contributed by atoms with van der Waals surface area (Å²) in [6.07, 6.45) is 3.04. The summed E-state index contributed by atoms with van der Waals surface area (Å²) in [5.74, 6) is 0.488. The van der Waals surface area contributed by atoms with Crippen LogP contribution in [-0.2, 0) is 0 Å². The van der Waals surface area contributed by atoms with Crippen molar-refractivity contribution in [3.8, 4) is 0 Å². The van der Waals surface area contributed by atoms with E-state index in [2.05, 4.69) is 20.2 Å². The maximum absolute atomic E-state index is 12.4. The van der Waals surface area contributed by atoms with Crippen LogP contribution in [0.2, 0.25) is 0 Å². The highest BCUT2D eigenvalue weighted by Gasteiger charge is 2.21. The number of nitrogens with zero attached hydrogens (tertiary/aromatic N) is 4. The molecule has 2 heterocycles. The quantitative estimate of drug-likeness (QED) is 0.856. The first kappa shape index (κ1) is 17.0.